The molecular weight excluding hydrogens is 432 g/mol. The van der Waals surface area contributed by atoms with Gasteiger partial charge in [0.15, 0.2) is 0 Å². The molecule has 5 nitrogen and oxygen atoms in total. The lowest BCUT2D eigenvalue weighted by Gasteiger charge is -2.31. The predicted molar refractivity (Wildman–Crippen MR) is 129 cm³/mol. The number of benzene rings is 2. The number of halogens is 1. The van der Waals surface area contributed by atoms with Gasteiger partial charge in [0, 0.05) is 22.9 Å². The van der Waals surface area contributed by atoms with Gasteiger partial charge in [-0.3, -0.25) is 9.59 Å². The molecule has 0 aliphatic heterocycles. The van der Waals surface area contributed by atoms with E-state index in [4.69, 9.17) is 16.3 Å². The van der Waals surface area contributed by atoms with Gasteiger partial charge in [0.2, 0.25) is 11.8 Å². The van der Waals surface area contributed by atoms with Crippen LogP contribution in [0.4, 0.5) is 0 Å². The van der Waals surface area contributed by atoms with Crippen LogP contribution in [0.15, 0.2) is 48.5 Å². The summed E-state index contributed by atoms with van der Waals surface area (Å²) in [6, 6.07) is 14.5. The molecule has 0 saturated heterocycles. The number of carbonyl (C=O) groups is 2. The van der Waals surface area contributed by atoms with Crippen molar-refractivity contribution >= 4 is 35.2 Å². The van der Waals surface area contributed by atoms with Gasteiger partial charge in [-0.2, -0.15) is 0 Å². The van der Waals surface area contributed by atoms with E-state index in [9.17, 15) is 9.59 Å². The topological polar surface area (TPSA) is 58.6 Å². The second-order valence-electron chi connectivity index (χ2n) is 8.41. The highest BCUT2D eigenvalue weighted by atomic mass is 35.5. The van der Waals surface area contributed by atoms with Crippen molar-refractivity contribution in [3.63, 3.8) is 0 Å². The largest absolute Gasteiger partial charge is 0.497 e. The van der Waals surface area contributed by atoms with Gasteiger partial charge in [-0.15, -0.1) is 11.8 Å². The van der Waals surface area contributed by atoms with Crippen LogP contribution in [0.2, 0.25) is 5.02 Å². The van der Waals surface area contributed by atoms with E-state index in [-0.39, 0.29) is 23.1 Å². The van der Waals surface area contributed by atoms with Crippen LogP contribution in [-0.2, 0) is 21.9 Å². The lowest BCUT2D eigenvalue weighted by molar-refractivity contribution is -0.139. The Morgan fingerprint density at radius 3 is 2.42 bits per heavy atom. The fourth-order valence-corrected chi connectivity index (χ4v) is 3.94. The number of nitrogens with zero attached hydrogens (tertiary/aromatic N) is 1. The third kappa shape index (κ3) is 8.46. The zero-order valence-corrected chi connectivity index (χ0v) is 20.3. The molecule has 7 heteroatoms. The summed E-state index contributed by atoms with van der Waals surface area (Å²) in [5.74, 6) is 1.43. The molecule has 168 valence electrons. The van der Waals surface area contributed by atoms with Gasteiger partial charge >= 0.3 is 0 Å². The lowest BCUT2D eigenvalue weighted by Crippen LogP contribution is -2.52. The zero-order valence-electron chi connectivity index (χ0n) is 18.8. The maximum Gasteiger partial charge on any atom is 0.242 e. The average Bonchev–Trinajstić information content (AvgIpc) is 2.71. The predicted octanol–water partition coefficient (Wildman–Crippen LogP) is 4.91. The highest BCUT2D eigenvalue weighted by Gasteiger charge is 2.28. The number of carbonyl (C=O) groups excluding carboxylic acids is 2. The smallest absolute Gasteiger partial charge is 0.242 e. The molecule has 0 unspecified atom stereocenters. The van der Waals surface area contributed by atoms with E-state index in [1.54, 1.807) is 18.9 Å². The first-order chi connectivity index (χ1) is 14.6. The van der Waals surface area contributed by atoms with Crippen molar-refractivity contribution in [2.45, 2.75) is 51.6 Å². The van der Waals surface area contributed by atoms with Gasteiger partial charge in [-0.05, 0) is 63.1 Å². The standard InChI is InChI=1S/C24H31ClN2O3S/c1-17(23(29)26-24(2,3)4)27(14-19-7-6-8-21(13-19)30-5)22(28)16-31-15-18-9-11-20(25)12-10-18/h6-13,17H,14-16H2,1-5H3,(H,26,29)/t17-/m0/s1. The number of methoxy groups -OCH3 is 1. The van der Waals surface area contributed by atoms with Crippen molar-refractivity contribution in [2.75, 3.05) is 12.9 Å². The molecule has 2 amide bonds. The van der Waals surface area contributed by atoms with Crippen LogP contribution in [0.3, 0.4) is 0 Å². The van der Waals surface area contributed by atoms with Crippen LogP contribution in [0.1, 0.15) is 38.8 Å². The Kier molecular flexibility index (Phi) is 9.26. The normalized spacial score (nSPS) is 12.2. The Labute approximate surface area is 194 Å². The first kappa shape index (κ1) is 25.1. The molecular formula is C24H31ClN2O3S. The fraction of sp³-hybridized carbons (Fsp3) is 0.417. The molecule has 0 radical (unpaired) electrons. The van der Waals surface area contributed by atoms with E-state index >= 15 is 0 Å². The number of rotatable bonds is 9. The minimum Gasteiger partial charge on any atom is -0.497 e. The molecule has 0 aliphatic rings. The molecule has 0 heterocycles. The third-order valence-electron chi connectivity index (χ3n) is 4.56. The number of thioether (sulfide) groups is 1. The minimum absolute atomic E-state index is 0.0849. The van der Waals surface area contributed by atoms with E-state index in [1.165, 1.54) is 11.8 Å². The molecule has 0 aromatic heterocycles. The summed E-state index contributed by atoms with van der Waals surface area (Å²) in [4.78, 5) is 27.6. The summed E-state index contributed by atoms with van der Waals surface area (Å²) in [5.41, 5.74) is 1.63. The molecule has 0 bridgehead atoms. The highest BCUT2D eigenvalue weighted by Crippen LogP contribution is 2.19. The van der Waals surface area contributed by atoms with Crippen molar-refractivity contribution in [1.29, 1.82) is 0 Å². The maximum absolute atomic E-state index is 13.1. The SMILES string of the molecule is COc1cccc(CN(C(=O)CSCc2ccc(Cl)cc2)[C@@H](C)C(=O)NC(C)(C)C)c1. The van der Waals surface area contributed by atoms with E-state index < -0.39 is 6.04 Å². The molecule has 0 fully saturated rings. The summed E-state index contributed by atoms with van der Waals surface area (Å²) >= 11 is 7.45. The Hall–Kier alpha value is -2.18. The molecule has 2 aromatic rings. The maximum atomic E-state index is 13.1. The van der Waals surface area contributed by atoms with Gasteiger partial charge in [0.25, 0.3) is 0 Å². The monoisotopic (exact) mass is 462 g/mol. The molecule has 31 heavy (non-hydrogen) atoms. The summed E-state index contributed by atoms with van der Waals surface area (Å²) in [6.45, 7) is 7.87. The molecule has 0 spiro atoms. The second kappa shape index (κ2) is 11.4. The van der Waals surface area contributed by atoms with Crippen molar-refractivity contribution in [1.82, 2.24) is 10.2 Å². The van der Waals surface area contributed by atoms with Crippen molar-refractivity contribution in [3.8, 4) is 5.75 Å². The highest BCUT2D eigenvalue weighted by molar-refractivity contribution is 7.99. The van der Waals surface area contributed by atoms with E-state index in [0.717, 1.165) is 11.1 Å². The summed E-state index contributed by atoms with van der Waals surface area (Å²) in [5, 5.41) is 3.66. The van der Waals surface area contributed by atoms with Crippen LogP contribution >= 0.6 is 23.4 Å². The number of nitrogens with one attached hydrogen (secondary N) is 1. The van der Waals surface area contributed by atoms with Crippen LogP contribution in [0.5, 0.6) is 5.75 Å². The van der Waals surface area contributed by atoms with Gasteiger partial charge in [0.05, 0.1) is 12.9 Å². The van der Waals surface area contributed by atoms with Crippen LogP contribution < -0.4 is 10.1 Å². The fourth-order valence-electron chi connectivity index (χ4n) is 2.94. The lowest BCUT2D eigenvalue weighted by atomic mass is 10.1. The molecule has 1 N–H and O–H groups in total. The second-order valence-corrected chi connectivity index (χ2v) is 9.83. The summed E-state index contributed by atoms with van der Waals surface area (Å²) in [6.07, 6.45) is 0. The number of hydrogen-bond acceptors (Lipinski definition) is 4. The Morgan fingerprint density at radius 2 is 1.81 bits per heavy atom. The third-order valence-corrected chi connectivity index (χ3v) is 5.80. The summed E-state index contributed by atoms with van der Waals surface area (Å²) in [7, 11) is 1.61. The minimum atomic E-state index is -0.603. The average molecular weight is 463 g/mol. The number of ether oxygens (including phenoxy) is 1. The first-order valence-corrected chi connectivity index (χ1v) is 11.7. The Bertz CT molecular complexity index is 881. The van der Waals surface area contributed by atoms with Crippen LogP contribution in [0.25, 0.3) is 0 Å². The number of amides is 2. The first-order valence-electron chi connectivity index (χ1n) is 10.2. The van der Waals surface area contributed by atoms with E-state index in [1.807, 2.05) is 69.3 Å². The molecule has 0 saturated carbocycles. The van der Waals surface area contributed by atoms with E-state index in [0.29, 0.717) is 23.1 Å². The summed E-state index contributed by atoms with van der Waals surface area (Å²) < 4.78 is 5.30. The van der Waals surface area contributed by atoms with Crippen molar-refractivity contribution in [2.24, 2.45) is 0 Å². The molecule has 2 rings (SSSR count). The van der Waals surface area contributed by atoms with Gasteiger partial charge in [-0.25, -0.2) is 0 Å². The van der Waals surface area contributed by atoms with Gasteiger partial charge < -0.3 is 15.0 Å². The van der Waals surface area contributed by atoms with Crippen LogP contribution in [-0.4, -0.2) is 41.2 Å². The van der Waals surface area contributed by atoms with Crippen LogP contribution in [0, 0.1) is 0 Å². The van der Waals surface area contributed by atoms with Gasteiger partial charge in [-0.1, -0.05) is 35.9 Å². The molecule has 0 aliphatic carbocycles. The molecule has 1 atom stereocenters. The zero-order chi connectivity index (χ0) is 23.0. The Balaban J connectivity index is 2.11. The Morgan fingerprint density at radius 1 is 1.13 bits per heavy atom. The van der Waals surface area contributed by atoms with E-state index in [2.05, 4.69) is 5.32 Å². The quantitative estimate of drug-likeness (QED) is 0.575. The molecule has 2 aromatic carbocycles. The van der Waals surface area contributed by atoms with Crippen molar-refractivity contribution in [3.05, 3.63) is 64.7 Å². The van der Waals surface area contributed by atoms with Crippen molar-refractivity contribution < 1.29 is 14.3 Å². The van der Waals surface area contributed by atoms with Gasteiger partial charge in [0.1, 0.15) is 11.8 Å². The number of hydrogen-bond donors (Lipinski definition) is 1.